The number of piperidine rings is 1. The van der Waals surface area contributed by atoms with Gasteiger partial charge in [0.2, 0.25) is 0 Å². The molecule has 200 valence electrons. The molecule has 0 aliphatic carbocycles. The maximum atomic E-state index is 14.2. The molecule has 4 aromatic rings. The molecule has 5 heteroatoms. The van der Waals surface area contributed by atoms with Gasteiger partial charge in [-0.2, -0.15) is 0 Å². The third kappa shape index (κ3) is 5.70. The SMILES string of the molecule is O=C(c1ccccc1)C(CC(c1ccc(F)cc1)(c1ccc(F)cc1)N1CCCCC1)C(O)c1ccccc1. The number of likely N-dealkylation sites (tertiary alicyclic amines) is 1. The molecule has 0 bridgehead atoms. The number of hydrogen-bond acceptors (Lipinski definition) is 3. The first-order valence-electron chi connectivity index (χ1n) is 13.6. The lowest BCUT2D eigenvalue weighted by Gasteiger charge is -2.49. The molecule has 1 saturated heterocycles. The molecule has 1 aliphatic heterocycles. The molecule has 1 N–H and O–H groups in total. The number of halogens is 2. The Bertz CT molecular complexity index is 1310. The van der Waals surface area contributed by atoms with Crippen LogP contribution in [0.3, 0.4) is 0 Å². The van der Waals surface area contributed by atoms with Crippen molar-refractivity contribution < 1.29 is 18.7 Å². The number of hydrogen-bond donors (Lipinski definition) is 1. The van der Waals surface area contributed by atoms with Gasteiger partial charge < -0.3 is 5.11 Å². The molecule has 2 atom stereocenters. The molecule has 3 nitrogen and oxygen atoms in total. The van der Waals surface area contributed by atoms with E-state index < -0.39 is 17.6 Å². The maximum Gasteiger partial charge on any atom is 0.168 e. The van der Waals surface area contributed by atoms with Gasteiger partial charge in [0.05, 0.1) is 17.6 Å². The van der Waals surface area contributed by atoms with Crippen LogP contribution in [0.4, 0.5) is 8.78 Å². The van der Waals surface area contributed by atoms with Crippen LogP contribution in [-0.4, -0.2) is 28.9 Å². The standard InChI is InChI=1S/C34H33F2NO2/c35-29-18-14-27(15-19-29)34(37-22-8-3-9-23-37,28-16-20-30(36)21-17-28)24-31(32(38)25-10-4-1-5-11-25)33(39)26-12-6-2-7-13-26/h1-2,4-7,10-21,31-32,38H,3,8-9,22-24H2. The lowest BCUT2D eigenvalue weighted by Crippen LogP contribution is -2.51. The third-order valence-corrected chi connectivity index (χ3v) is 7.97. The summed E-state index contributed by atoms with van der Waals surface area (Å²) >= 11 is 0. The Morgan fingerprint density at radius 3 is 1.72 bits per heavy atom. The quantitative estimate of drug-likeness (QED) is 0.233. The van der Waals surface area contributed by atoms with Crippen LogP contribution in [0.25, 0.3) is 0 Å². The van der Waals surface area contributed by atoms with E-state index in [0.29, 0.717) is 11.1 Å². The van der Waals surface area contributed by atoms with E-state index in [4.69, 9.17) is 0 Å². The molecule has 0 radical (unpaired) electrons. The van der Waals surface area contributed by atoms with Crippen molar-refractivity contribution in [2.24, 2.45) is 5.92 Å². The molecular weight excluding hydrogens is 492 g/mol. The van der Waals surface area contributed by atoms with E-state index in [2.05, 4.69) is 4.90 Å². The van der Waals surface area contributed by atoms with Crippen LogP contribution in [0.5, 0.6) is 0 Å². The minimum Gasteiger partial charge on any atom is -0.388 e. The maximum absolute atomic E-state index is 14.2. The van der Waals surface area contributed by atoms with Crippen LogP contribution in [0, 0.1) is 17.6 Å². The second-order valence-corrected chi connectivity index (χ2v) is 10.3. The van der Waals surface area contributed by atoms with Gasteiger partial charge in [0, 0.05) is 5.56 Å². The van der Waals surface area contributed by atoms with E-state index in [1.807, 2.05) is 48.5 Å². The second-order valence-electron chi connectivity index (χ2n) is 10.3. The number of benzene rings is 4. The fourth-order valence-electron chi connectivity index (χ4n) is 5.99. The number of aliphatic hydroxyl groups is 1. The Hall–Kier alpha value is -3.67. The van der Waals surface area contributed by atoms with Crippen LogP contribution >= 0.6 is 0 Å². The fourth-order valence-corrected chi connectivity index (χ4v) is 5.99. The number of ketones is 1. The van der Waals surface area contributed by atoms with E-state index in [-0.39, 0.29) is 23.8 Å². The number of carbonyl (C=O) groups excluding carboxylic acids is 1. The van der Waals surface area contributed by atoms with Crippen molar-refractivity contribution in [3.8, 4) is 0 Å². The number of nitrogens with zero attached hydrogens (tertiary/aromatic N) is 1. The number of Topliss-reactive ketones (excluding diaryl/α,β-unsaturated/α-hetero) is 1. The first-order valence-corrected chi connectivity index (χ1v) is 13.6. The molecular formula is C34H33F2NO2. The van der Waals surface area contributed by atoms with Crippen LogP contribution in [0.15, 0.2) is 109 Å². The monoisotopic (exact) mass is 525 g/mol. The van der Waals surface area contributed by atoms with Gasteiger partial charge in [-0.25, -0.2) is 8.78 Å². The molecule has 39 heavy (non-hydrogen) atoms. The summed E-state index contributed by atoms with van der Waals surface area (Å²) in [6.45, 7) is 1.53. The fraction of sp³-hybridized carbons (Fsp3) is 0.265. The smallest absolute Gasteiger partial charge is 0.168 e. The molecule has 4 aromatic carbocycles. The summed E-state index contributed by atoms with van der Waals surface area (Å²) < 4.78 is 28.4. The summed E-state index contributed by atoms with van der Waals surface area (Å²) in [5.41, 5.74) is 1.89. The predicted octanol–water partition coefficient (Wildman–Crippen LogP) is 7.32. The minimum absolute atomic E-state index is 0.169. The Morgan fingerprint density at radius 2 is 1.21 bits per heavy atom. The van der Waals surface area contributed by atoms with Crippen LogP contribution in [0.2, 0.25) is 0 Å². The molecule has 1 fully saturated rings. The summed E-state index contributed by atoms with van der Waals surface area (Å²) in [6.07, 6.45) is 2.20. The highest BCUT2D eigenvalue weighted by atomic mass is 19.1. The summed E-state index contributed by atoms with van der Waals surface area (Å²) in [5.74, 6) is -1.71. The van der Waals surface area contributed by atoms with E-state index in [9.17, 15) is 18.7 Å². The summed E-state index contributed by atoms with van der Waals surface area (Å²) in [5, 5.41) is 11.8. The highest BCUT2D eigenvalue weighted by Gasteiger charge is 2.46. The van der Waals surface area contributed by atoms with E-state index in [0.717, 1.165) is 43.5 Å². The van der Waals surface area contributed by atoms with E-state index in [1.165, 1.54) is 24.3 Å². The van der Waals surface area contributed by atoms with Crippen molar-refractivity contribution in [2.45, 2.75) is 37.3 Å². The lowest BCUT2D eigenvalue weighted by atomic mass is 9.70. The average molecular weight is 526 g/mol. The molecule has 0 spiro atoms. The van der Waals surface area contributed by atoms with Crippen molar-refractivity contribution >= 4 is 5.78 Å². The Balaban J connectivity index is 1.71. The molecule has 0 aromatic heterocycles. The van der Waals surface area contributed by atoms with Gasteiger partial charge in [-0.05, 0) is 73.3 Å². The minimum atomic E-state index is -1.08. The molecule has 0 saturated carbocycles. The summed E-state index contributed by atoms with van der Waals surface area (Å²) in [6, 6.07) is 31.0. The lowest BCUT2D eigenvalue weighted by molar-refractivity contribution is 0.0293. The van der Waals surface area contributed by atoms with Crippen molar-refractivity contribution in [3.05, 3.63) is 143 Å². The van der Waals surface area contributed by atoms with Gasteiger partial charge in [0.1, 0.15) is 11.6 Å². The zero-order valence-corrected chi connectivity index (χ0v) is 21.8. The van der Waals surface area contributed by atoms with E-state index >= 15 is 0 Å². The van der Waals surface area contributed by atoms with Crippen LogP contribution in [-0.2, 0) is 5.54 Å². The van der Waals surface area contributed by atoms with Gasteiger partial charge in [-0.15, -0.1) is 0 Å². The van der Waals surface area contributed by atoms with Gasteiger partial charge in [0.25, 0.3) is 0 Å². The molecule has 0 amide bonds. The van der Waals surface area contributed by atoms with Crippen molar-refractivity contribution in [1.82, 2.24) is 4.90 Å². The van der Waals surface area contributed by atoms with Crippen LogP contribution < -0.4 is 0 Å². The first kappa shape index (κ1) is 26.9. The number of rotatable bonds is 9. The third-order valence-electron chi connectivity index (χ3n) is 7.97. The van der Waals surface area contributed by atoms with E-state index in [1.54, 1.807) is 36.4 Å². The Kier molecular flexibility index (Phi) is 8.30. The molecule has 1 heterocycles. The van der Waals surface area contributed by atoms with Gasteiger partial charge in [0.15, 0.2) is 5.78 Å². The highest BCUT2D eigenvalue weighted by molar-refractivity contribution is 5.98. The van der Waals surface area contributed by atoms with Crippen molar-refractivity contribution in [3.63, 3.8) is 0 Å². The second kappa shape index (κ2) is 12.0. The largest absolute Gasteiger partial charge is 0.388 e. The zero-order chi connectivity index (χ0) is 27.2. The predicted molar refractivity (Wildman–Crippen MR) is 149 cm³/mol. The Labute approximate surface area is 228 Å². The van der Waals surface area contributed by atoms with Crippen molar-refractivity contribution in [1.29, 1.82) is 0 Å². The zero-order valence-electron chi connectivity index (χ0n) is 21.8. The van der Waals surface area contributed by atoms with Crippen LogP contribution in [0.1, 0.15) is 58.8 Å². The number of carbonyl (C=O) groups is 1. The molecule has 5 rings (SSSR count). The van der Waals surface area contributed by atoms with Gasteiger partial charge >= 0.3 is 0 Å². The average Bonchev–Trinajstić information content (AvgIpc) is 3.00. The molecule has 1 aliphatic rings. The number of aliphatic hydroxyl groups excluding tert-OH is 1. The normalized spacial score (nSPS) is 16.0. The van der Waals surface area contributed by atoms with Gasteiger partial charge in [-0.1, -0.05) is 91.3 Å². The first-order chi connectivity index (χ1) is 19.0. The highest BCUT2D eigenvalue weighted by Crippen LogP contribution is 2.46. The van der Waals surface area contributed by atoms with Gasteiger partial charge in [-0.3, -0.25) is 9.69 Å². The molecule has 2 unspecified atom stereocenters. The van der Waals surface area contributed by atoms with Crippen molar-refractivity contribution in [2.75, 3.05) is 13.1 Å². The summed E-state index contributed by atoms with van der Waals surface area (Å²) in [7, 11) is 0. The topological polar surface area (TPSA) is 40.5 Å². The Morgan fingerprint density at radius 1 is 0.718 bits per heavy atom. The summed E-state index contributed by atoms with van der Waals surface area (Å²) in [4.78, 5) is 16.5.